The number of carbonyl (C=O) groups is 1. The van der Waals surface area contributed by atoms with Gasteiger partial charge in [0.2, 0.25) is 0 Å². The molecule has 0 radical (unpaired) electrons. The third-order valence-electron chi connectivity index (χ3n) is 2.14. The highest BCUT2D eigenvalue weighted by Crippen LogP contribution is 2.10. The summed E-state index contributed by atoms with van der Waals surface area (Å²) >= 11 is 0. The van der Waals surface area contributed by atoms with Crippen molar-refractivity contribution in [2.45, 2.75) is 26.7 Å². The first-order chi connectivity index (χ1) is 6.24. The van der Waals surface area contributed by atoms with Crippen LogP contribution < -0.4 is 0 Å². The molecule has 3 nitrogen and oxygen atoms in total. The summed E-state index contributed by atoms with van der Waals surface area (Å²) in [6, 6.07) is 1.71. The van der Waals surface area contributed by atoms with E-state index in [4.69, 9.17) is 0 Å². The van der Waals surface area contributed by atoms with Gasteiger partial charge in [0, 0.05) is 12.0 Å². The molecule has 1 heterocycles. The average molecular weight is 178 g/mol. The molecule has 0 saturated carbocycles. The Bertz CT molecular complexity index is 272. The largest absolute Gasteiger partial charge is 0.294 e. The Balaban J connectivity index is 2.59. The molecule has 0 aliphatic rings. The molecule has 1 unspecified atom stereocenters. The van der Waals surface area contributed by atoms with Gasteiger partial charge in [0.1, 0.15) is 0 Å². The summed E-state index contributed by atoms with van der Waals surface area (Å²) < 4.78 is 0. The minimum Gasteiger partial charge on any atom is -0.294 e. The Morgan fingerprint density at radius 2 is 2.31 bits per heavy atom. The summed E-state index contributed by atoms with van der Waals surface area (Å²) in [6.07, 6.45) is 4.70. The van der Waals surface area contributed by atoms with Crippen molar-refractivity contribution in [2.24, 2.45) is 5.92 Å². The minimum atomic E-state index is 0.157. The Labute approximate surface area is 78.2 Å². The highest BCUT2D eigenvalue weighted by molar-refractivity contribution is 5.95. The van der Waals surface area contributed by atoms with Crippen LogP contribution in [-0.2, 0) is 0 Å². The topological polar surface area (TPSA) is 42.9 Å². The van der Waals surface area contributed by atoms with Gasteiger partial charge in [-0.25, -0.2) is 0 Å². The number of carbonyl (C=O) groups excluding carboxylic acids is 1. The molecule has 0 N–H and O–H groups in total. The zero-order valence-corrected chi connectivity index (χ0v) is 8.03. The molecule has 3 heteroatoms. The van der Waals surface area contributed by atoms with Crippen molar-refractivity contribution in [3.63, 3.8) is 0 Å². The lowest BCUT2D eigenvalue weighted by Gasteiger charge is -2.05. The summed E-state index contributed by atoms with van der Waals surface area (Å²) in [4.78, 5) is 11.5. The Hall–Kier alpha value is -1.25. The second kappa shape index (κ2) is 4.70. The number of Topliss-reactive ketones (excluding diaryl/α,β-unsaturated/α-hetero) is 1. The van der Waals surface area contributed by atoms with Crippen LogP contribution in [0.25, 0.3) is 0 Å². The molecule has 13 heavy (non-hydrogen) atoms. The van der Waals surface area contributed by atoms with Gasteiger partial charge in [0.15, 0.2) is 5.78 Å². The highest BCUT2D eigenvalue weighted by Gasteiger charge is 2.09. The minimum absolute atomic E-state index is 0.157. The maximum absolute atomic E-state index is 11.5. The van der Waals surface area contributed by atoms with Crippen LogP contribution in [0, 0.1) is 5.92 Å². The summed E-state index contributed by atoms with van der Waals surface area (Å²) in [5.41, 5.74) is 0.662. The van der Waals surface area contributed by atoms with E-state index in [-0.39, 0.29) is 5.78 Å². The molecule has 0 spiro atoms. The number of hydrogen-bond acceptors (Lipinski definition) is 3. The first-order valence-electron chi connectivity index (χ1n) is 4.54. The predicted molar refractivity (Wildman–Crippen MR) is 50.4 cm³/mol. The van der Waals surface area contributed by atoms with Crippen LogP contribution in [-0.4, -0.2) is 16.0 Å². The number of nitrogens with zero attached hydrogens (tertiary/aromatic N) is 2. The van der Waals surface area contributed by atoms with E-state index in [1.807, 2.05) is 0 Å². The van der Waals surface area contributed by atoms with Crippen molar-refractivity contribution in [1.29, 1.82) is 0 Å². The van der Waals surface area contributed by atoms with Crippen molar-refractivity contribution in [3.8, 4) is 0 Å². The Kier molecular flexibility index (Phi) is 3.55. The fraction of sp³-hybridized carbons (Fsp3) is 0.500. The monoisotopic (exact) mass is 178 g/mol. The molecule has 0 saturated heterocycles. The van der Waals surface area contributed by atoms with Gasteiger partial charge in [0.05, 0.1) is 12.4 Å². The molecule has 0 fully saturated rings. The molecular formula is C10H14N2O. The summed E-state index contributed by atoms with van der Waals surface area (Å²) in [5.74, 6) is 0.602. The lowest BCUT2D eigenvalue weighted by molar-refractivity contribution is 0.0963. The normalized spacial score (nSPS) is 12.5. The van der Waals surface area contributed by atoms with Crippen LogP contribution in [0.3, 0.4) is 0 Å². The quantitative estimate of drug-likeness (QED) is 0.663. The van der Waals surface area contributed by atoms with Gasteiger partial charge in [-0.1, -0.05) is 20.3 Å². The number of aromatic nitrogens is 2. The molecule has 0 aliphatic heterocycles. The van der Waals surface area contributed by atoms with Gasteiger partial charge in [-0.2, -0.15) is 10.2 Å². The predicted octanol–water partition coefficient (Wildman–Crippen LogP) is 2.10. The first-order valence-corrected chi connectivity index (χ1v) is 4.54. The van der Waals surface area contributed by atoms with E-state index in [9.17, 15) is 4.79 Å². The molecule has 1 aromatic rings. The molecule has 0 bridgehead atoms. The van der Waals surface area contributed by atoms with Gasteiger partial charge in [0.25, 0.3) is 0 Å². The van der Waals surface area contributed by atoms with Crippen LogP contribution in [0.1, 0.15) is 37.0 Å². The highest BCUT2D eigenvalue weighted by atomic mass is 16.1. The van der Waals surface area contributed by atoms with Gasteiger partial charge in [-0.3, -0.25) is 4.79 Å². The lowest BCUT2D eigenvalue weighted by Crippen LogP contribution is -2.05. The average Bonchev–Trinajstić information content (AvgIpc) is 2.19. The second-order valence-electron chi connectivity index (χ2n) is 3.27. The molecule has 0 amide bonds. The van der Waals surface area contributed by atoms with Crippen molar-refractivity contribution in [3.05, 3.63) is 24.0 Å². The SMILES string of the molecule is CCC(C)CC(=O)c1ccnnc1. The third kappa shape index (κ3) is 2.93. The van der Waals surface area contributed by atoms with Crippen molar-refractivity contribution >= 4 is 5.78 Å². The smallest absolute Gasteiger partial charge is 0.164 e. The zero-order valence-electron chi connectivity index (χ0n) is 8.03. The third-order valence-corrected chi connectivity index (χ3v) is 2.14. The van der Waals surface area contributed by atoms with E-state index in [0.29, 0.717) is 17.9 Å². The van der Waals surface area contributed by atoms with Gasteiger partial charge in [-0.05, 0) is 12.0 Å². The van der Waals surface area contributed by atoms with Crippen LogP contribution in [0.5, 0.6) is 0 Å². The van der Waals surface area contributed by atoms with Crippen LogP contribution in [0.15, 0.2) is 18.5 Å². The van der Waals surface area contributed by atoms with E-state index < -0.39 is 0 Å². The lowest BCUT2D eigenvalue weighted by atomic mass is 9.99. The second-order valence-corrected chi connectivity index (χ2v) is 3.27. The van der Waals surface area contributed by atoms with Gasteiger partial charge < -0.3 is 0 Å². The zero-order chi connectivity index (χ0) is 9.68. The number of ketones is 1. The van der Waals surface area contributed by atoms with Gasteiger partial charge >= 0.3 is 0 Å². The molecule has 70 valence electrons. The standard InChI is InChI=1S/C10H14N2O/c1-3-8(2)6-10(13)9-4-5-11-12-7-9/h4-5,7-8H,3,6H2,1-2H3. The number of hydrogen-bond donors (Lipinski definition) is 0. The maximum Gasteiger partial charge on any atom is 0.164 e. The molecule has 0 aromatic carbocycles. The molecular weight excluding hydrogens is 164 g/mol. The summed E-state index contributed by atoms with van der Waals surface area (Å²) in [6.45, 7) is 4.16. The molecule has 1 aromatic heterocycles. The van der Waals surface area contributed by atoms with Crippen LogP contribution >= 0.6 is 0 Å². The van der Waals surface area contributed by atoms with Crippen molar-refractivity contribution < 1.29 is 4.79 Å². The summed E-state index contributed by atoms with van der Waals surface area (Å²) in [5, 5.41) is 7.29. The molecule has 1 atom stereocenters. The van der Waals surface area contributed by atoms with E-state index in [1.54, 1.807) is 12.3 Å². The maximum atomic E-state index is 11.5. The first kappa shape index (κ1) is 9.84. The number of rotatable bonds is 4. The van der Waals surface area contributed by atoms with Crippen LogP contribution in [0.4, 0.5) is 0 Å². The Morgan fingerprint density at radius 1 is 1.54 bits per heavy atom. The Morgan fingerprint density at radius 3 is 2.85 bits per heavy atom. The fourth-order valence-electron chi connectivity index (χ4n) is 1.03. The fourth-order valence-corrected chi connectivity index (χ4v) is 1.03. The van der Waals surface area contributed by atoms with Crippen molar-refractivity contribution in [2.75, 3.05) is 0 Å². The van der Waals surface area contributed by atoms with Gasteiger partial charge in [-0.15, -0.1) is 0 Å². The van der Waals surface area contributed by atoms with E-state index in [2.05, 4.69) is 24.0 Å². The van der Waals surface area contributed by atoms with E-state index >= 15 is 0 Å². The molecule has 1 rings (SSSR count). The van der Waals surface area contributed by atoms with Crippen LogP contribution in [0.2, 0.25) is 0 Å². The van der Waals surface area contributed by atoms with E-state index in [1.165, 1.54) is 6.20 Å². The van der Waals surface area contributed by atoms with Crippen molar-refractivity contribution in [1.82, 2.24) is 10.2 Å². The van der Waals surface area contributed by atoms with E-state index in [0.717, 1.165) is 6.42 Å². The summed E-state index contributed by atoms with van der Waals surface area (Å²) in [7, 11) is 0. The molecule has 0 aliphatic carbocycles.